The molecule has 0 heterocycles. The van der Waals surface area contributed by atoms with Crippen molar-refractivity contribution in [1.82, 2.24) is 5.43 Å². The molecule has 0 unspecified atom stereocenters. The fourth-order valence-corrected chi connectivity index (χ4v) is 2.33. The monoisotopic (exact) mass is 317 g/mol. The van der Waals surface area contributed by atoms with Crippen LogP contribution in [0.4, 0.5) is 21.9 Å². The van der Waals surface area contributed by atoms with Crippen LogP contribution in [0.3, 0.4) is 0 Å². The highest BCUT2D eigenvalue weighted by Crippen LogP contribution is 2.22. The molecule has 120 valence electrons. The second kappa shape index (κ2) is 7.33. The first-order valence-corrected chi connectivity index (χ1v) is 7.77. The number of benzene rings is 3. The molecule has 24 heavy (non-hydrogen) atoms. The number of aryl methyl sites for hydroxylation is 1. The first-order valence-electron chi connectivity index (χ1n) is 7.77. The van der Waals surface area contributed by atoms with Crippen LogP contribution in [-0.4, -0.2) is 6.03 Å². The normalized spacial score (nSPS) is 10.0. The minimum absolute atomic E-state index is 0.299. The van der Waals surface area contributed by atoms with Crippen LogP contribution in [0, 0.1) is 6.92 Å². The number of hydrazine groups is 1. The predicted octanol–water partition coefficient (Wildman–Crippen LogP) is 4.87. The molecule has 0 aliphatic heterocycles. The highest BCUT2D eigenvalue weighted by Gasteiger charge is 2.12. The number of carbonyl (C=O) groups is 1. The van der Waals surface area contributed by atoms with Gasteiger partial charge in [-0.15, -0.1) is 0 Å². The molecule has 3 aromatic carbocycles. The van der Waals surface area contributed by atoms with Crippen molar-refractivity contribution in [3.05, 3.63) is 90.5 Å². The molecule has 3 rings (SSSR count). The van der Waals surface area contributed by atoms with Crippen LogP contribution in [0.5, 0.6) is 0 Å². The van der Waals surface area contributed by atoms with E-state index in [0.29, 0.717) is 0 Å². The summed E-state index contributed by atoms with van der Waals surface area (Å²) in [6.45, 7) is 2.01. The molecule has 0 saturated heterocycles. The zero-order valence-corrected chi connectivity index (χ0v) is 13.4. The van der Waals surface area contributed by atoms with Gasteiger partial charge in [-0.25, -0.2) is 10.2 Å². The Morgan fingerprint density at radius 1 is 0.750 bits per heavy atom. The van der Waals surface area contributed by atoms with Gasteiger partial charge in [-0.2, -0.15) is 0 Å². The van der Waals surface area contributed by atoms with E-state index in [9.17, 15) is 4.79 Å². The van der Waals surface area contributed by atoms with Gasteiger partial charge in [0.2, 0.25) is 0 Å². The van der Waals surface area contributed by atoms with E-state index in [0.717, 1.165) is 22.6 Å². The lowest BCUT2D eigenvalue weighted by Crippen LogP contribution is -2.41. The van der Waals surface area contributed by atoms with Gasteiger partial charge in [-0.1, -0.05) is 54.1 Å². The van der Waals surface area contributed by atoms with E-state index in [-0.39, 0.29) is 6.03 Å². The van der Waals surface area contributed by atoms with Crippen molar-refractivity contribution >= 4 is 23.1 Å². The number of hydrogen-bond acceptors (Lipinski definition) is 2. The highest BCUT2D eigenvalue weighted by molar-refractivity contribution is 5.91. The molecule has 0 fully saturated rings. The Balaban J connectivity index is 1.79. The number of rotatable bonds is 4. The van der Waals surface area contributed by atoms with E-state index in [4.69, 9.17) is 0 Å². The summed E-state index contributed by atoms with van der Waals surface area (Å²) in [5.41, 5.74) is 6.55. The number of para-hydroxylation sites is 2. The number of carbonyl (C=O) groups excluding carboxylic acids is 1. The summed E-state index contributed by atoms with van der Waals surface area (Å²) in [6, 6.07) is 26.8. The van der Waals surface area contributed by atoms with Gasteiger partial charge in [0.05, 0.1) is 11.4 Å². The first kappa shape index (κ1) is 15.6. The smallest absolute Gasteiger partial charge is 0.307 e. The molecule has 0 aliphatic rings. The van der Waals surface area contributed by atoms with Crippen molar-refractivity contribution in [3.63, 3.8) is 0 Å². The second-order valence-electron chi connectivity index (χ2n) is 5.44. The third-order valence-corrected chi connectivity index (χ3v) is 3.55. The molecule has 0 atom stereocenters. The molecule has 0 saturated carbocycles. The predicted molar refractivity (Wildman–Crippen MR) is 98.4 cm³/mol. The summed E-state index contributed by atoms with van der Waals surface area (Å²) in [5, 5.41) is 4.60. The molecule has 0 spiro atoms. The lowest BCUT2D eigenvalue weighted by molar-refractivity contribution is 0.252. The lowest BCUT2D eigenvalue weighted by Gasteiger charge is -2.25. The molecule has 2 amide bonds. The average molecular weight is 317 g/mol. The van der Waals surface area contributed by atoms with Crippen LogP contribution in [0.25, 0.3) is 0 Å². The van der Waals surface area contributed by atoms with Crippen molar-refractivity contribution < 1.29 is 4.79 Å². The van der Waals surface area contributed by atoms with Crippen LogP contribution in [0.2, 0.25) is 0 Å². The van der Waals surface area contributed by atoms with Crippen molar-refractivity contribution in [1.29, 1.82) is 0 Å². The molecule has 0 aliphatic carbocycles. The molecule has 4 nitrogen and oxygen atoms in total. The number of nitrogens with one attached hydrogen (secondary N) is 2. The summed E-state index contributed by atoms with van der Waals surface area (Å²) in [4.78, 5) is 12.4. The van der Waals surface area contributed by atoms with E-state index in [2.05, 4.69) is 10.7 Å². The SMILES string of the molecule is Cc1ccc(NC(=O)NN(c2ccccc2)c2ccccc2)cc1. The van der Waals surface area contributed by atoms with E-state index >= 15 is 0 Å². The summed E-state index contributed by atoms with van der Waals surface area (Å²) >= 11 is 0. The molecular formula is C20H19N3O. The standard InChI is InChI=1S/C20H19N3O/c1-16-12-14-17(15-13-16)21-20(24)22-23(18-8-4-2-5-9-18)19-10-6-3-7-11-19/h2-15H,1H3,(H2,21,22,24). The zero-order valence-electron chi connectivity index (χ0n) is 13.4. The Morgan fingerprint density at radius 3 is 1.75 bits per heavy atom. The van der Waals surface area contributed by atoms with E-state index in [1.807, 2.05) is 91.9 Å². The summed E-state index contributed by atoms with van der Waals surface area (Å²) in [5.74, 6) is 0. The second-order valence-corrected chi connectivity index (χ2v) is 5.44. The van der Waals surface area contributed by atoms with E-state index in [1.54, 1.807) is 5.01 Å². The van der Waals surface area contributed by atoms with Crippen LogP contribution in [0.15, 0.2) is 84.9 Å². The highest BCUT2D eigenvalue weighted by atomic mass is 16.2. The van der Waals surface area contributed by atoms with Gasteiger partial charge in [0.15, 0.2) is 0 Å². The lowest BCUT2D eigenvalue weighted by atomic mass is 10.2. The molecule has 3 aromatic rings. The number of hydrogen-bond donors (Lipinski definition) is 2. The minimum Gasteiger partial charge on any atom is -0.307 e. The largest absolute Gasteiger partial charge is 0.338 e. The Bertz CT molecular complexity index is 747. The van der Waals surface area contributed by atoms with E-state index < -0.39 is 0 Å². The van der Waals surface area contributed by atoms with Gasteiger partial charge in [0, 0.05) is 5.69 Å². The third-order valence-electron chi connectivity index (χ3n) is 3.55. The number of nitrogens with zero attached hydrogens (tertiary/aromatic N) is 1. The van der Waals surface area contributed by atoms with Gasteiger partial charge >= 0.3 is 6.03 Å². The Morgan fingerprint density at radius 2 is 1.25 bits per heavy atom. The topological polar surface area (TPSA) is 44.4 Å². The molecular weight excluding hydrogens is 298 g/mol. The van der Waals surface area contributed by atoms with Crippen molar-refractivity contribution in [3.8, 4) is 0 Å². The maximum atomic E-state index is 12.4. The fourth-order valence-electron chi connectivity index (χ4n) is 2.33. The van der Waals surface area contributed by atoms with Crippen molar-refractivity contribution in [2.45, 2.75) is 6.92 Å². The molecule has 0 bridgehead atoms. The van der Waals surface area contributed by atoms with Crippen LogP contribution >= 0.6 is 0 Å². The summed E-state index contributed by atoms with van der Waals surface area (Å²) in [6.07, 6.45) is 0. The van der Waals surface area contributed by atoms with Gasteiger partial charge in [0.25, 0.3) is 0 Å². The van der Waals surface area contributed by atoms with Gasteiger partial charge in [-0.3, -0.25) is 5.01 Å². The Labute approximate surface area is 141 Å². The van der Waals surface area contributed by atoms with Crippen molar-refractivity contribution in [2.24, 2.45) is 0 Å². The fraction of sp³-hybridized carbons (Fsp3) is 0.0500. The first-order chi connectivity index (χ1) is 11.7. The number of anilines is 3. The van der Waals surface area contributed by atoms with Gasteiger partial charge < -0.3 is 5.32 Å². The van der Waals surface area contributed by atoms with Crippen LogP contribution in [0.1, 0.15) is 5.56 Å². The summed E-state index contributed by atoms with van der Waals surface area (Å²) in [7, 11) is 0. The van der Waals surface area contributed by atoms with Gasteiger partial charge in [-0.05, 0) is 43.3 Å². The molecule has 4 heteroatoms. The van der Waals surface area contributed by atoms with Gasteiger partial charge in [0.1, 0.15) is 0 Å². The average Bonchev–Trinajstić information content (AvgIpc) is 2.63. The van der Waals surface area contributed by atoms with E-state index in [1.165, 1.54) is 0 Å². The maximum absolute atomic E-state index is 12.4. The summed E-state index contributed by atoms with van der Waals surface area (Å²) < 4.78 is 0. The van der Waals surface area contributed by atoms with Crippen molar-refractivity contribution in [2.75, 3.05) is 10.3 Å². The molecule has 0 aromatic heterocycles. The Hall–Kier alpha value is -3.27. The number of amides is 2. The Kier molecular flexibility index (Phi) is 4.77. The molecule has 0 radical (unpaired) electrons. The molecule has 2 N–H and O–H groups in total. The number of urea groups is 1. The quantitative estimate of drug-likeness (QED) is 0.674. The third kappa shape index (κ3) is 3.93. The maximum Gasteiger partial charge on any atom is 0.338 e. The van der Waals surface area contributed by atoms with Crippen LogP contribution < -0.4 is 15.8 Å². The minimum atomic E-state index is -0.299. The zero-order chi connectivity index (χ0) is 16.8. The van der Waals surface area contributed by atoms with Crippen LogP contribution in [-0.2, 0) is 0 Å².